The van der Waals surface area contributed by atoms with Crippen LogP contribution in [0, 0.1) is 0 Å². The van der Waals surface area contributed by atoms with E-state index in [1.807, 2.05) is 30.3 Å². The van der Waals surface area contributed by atoms with Crippen molar-refractivity contribution in [2.24, 2.45) is 0 Å². The maximum absolute atomic E-state index is 12.1. The molecule has 0 spiro atoms. The van der Waals surface area contributed by atoms with Gasteiger partial charge in [-0.1, -0.05) is 23.7 Å². The summed E-state index contributed by atoms with van der Waals surface area (Å²) in [6, 6.07) is 17.8. The third-order valence-electron chi connectivity index (χ3n) is 3.75. The first-order chi connectivity index (χ1) is 13.7. The number of para-hydroxylation sites is 1. The van der Waals surface area contributed by atoms with Gasteiger partial charge in [0.25, 0.3) is 5.91 Å². The highest BCUT2D eigenvalue weighted by atomic mass is 35.5. The Morgan fingerprint density at radius 1 is 1.00 bits per heavy atom. The number of anilines is 2. The van der Waals surface area contributed by atoms with Gasteiger partial charge in [-0.05, 0) is 48.5 Å². The second-order valence-electron chi connectivity index (χ2n) is 5.69. The first-order valence-electron chi connectivity index (χ1n) is 8.56. The zero-order chi connectivity index (χ0) is 19.8. The molecule has 0 saturated heterocycles. The average Bonchev–Trinajstić information content (AvgIpc) is 2.73. The van der Waals surface area contributed by atoms with E-state index in [9.17, 15) is 4.79 Å². The summed E-state index contributed by atoms with van der Waals surface area (Å²) < 4.78 is 10.6. The van der Waals surface area contributed by atoms with Crippen molar-refractivity contribution in [3.63, 3.8) is 0 Å². The lowest BCUT2D eigenvalue weighted by atomic mass is 10.3. The molecule has 0 bridgehead atoms. The SMILES string of the molecule is COc1ccc(OCCNC(=O)c2ccc(Nc3ccccc3Cl)nn2)cc1. The Kier molecular flexibility index (Phi) is 6.64. The number of hydrogen-bond donors (Lipinski definition) is 2. The molecule has 1 aromatic heterocycles. The van der Waals surface area contributed by atoms with Gasteiger partial charge in [-0.25, -0.2) is 0 Å². The molecule has 3 aromatic rings. The van der Waals surface area contributed by atoms with Gasteiger partial charge in [0, 0.05) is 0 Å². The van der Waals surface area contributed by atoms with E-state index in [1.165, 1.54) is 0 Å². The van der Waals surface area contributed by atoms with Gasteiger partial charge >= 0.3 is 0 Å². The lowest BCUT2D eigenvalue weighted by Crippen LogP contribution is -2.29. The van der Waals surface area contributed by atoms with Gasteiger partial charge in [-0.3, -0.25) is 4.79 Å². The van der Waals surface area contributed by atoms with Crippen LogP contribution in [0.3, 0.4) is 0 Å². The van der Waals surface area contributed by atoms with Crippen molar-refractivity contribution >= 4 is 29.0 Å². The van der Waals surface area contributed by atoms with Gasteiger partial charge < -0.3 is 20.1 Å². The predicted octanol–water partition coefficient (Wildman–Crippen LogP) is 3.69. The largest absolute Gasteiger partial charge is 0.497 e. The molecule has 0 unspecified atom stereocenters. The van der Waals surface area contributed by atoms with Crippen LogP contribution in [-0.2, 0) is 0 Å². The number of halogens is 1. The van der Waals surface area contributed by atoms with Crippen LogP contribution in [0.1, 0.15) is 10.5 Å². The van der Waals surface area contributed by atoms with Crippen LogP contribution in [0.15, 0.2) is 60.7 Å². The molecule has 2 aromatic carbocycles. The summed E-state index contributed by atoms with van der Waals surface area (Å²) in [4.78, 5) is 12.1. The molecule has 28 heavy (non-hydrogen) atoms. The minimum Gasteiger partial charge on any atom is -0.497 e. The number of amides is 1. The average molecular weight is 399 g/mol. The number of carbonyl (C=O) groups excluding carboxylic acids is 1. The molecule has 0 aliphatic heterocycles. The number of carbonyl (C=O) groups is 1. The fourth-order valence-electron chi connectivity index (χ4n) is 2.32. The van der Waals surface area contributed by atoms with E-state index in [1.54, 1.807) is 37.4 Å². The topological polar surface area (TPSA) is 85.4 Å². The molecule has 0 fully saturated rings. The summed E-state index contributed by atoms with van der Waals surface area (Å²) in [7, 11) is 1.60. The van der Waals surface area contributed by atoms with E-state index < -0.39 is 0 Å². The van der Waals surface area contributed by atoms with Crippen molar-refractivity contribution in [3.05, 3.63) is 71.4 Å². The van der Waals surface area contributed by atoms with E-state index in [-0.39, 0.29) is 11.6 Å². The van der Waals surface area contributed by atoms with Gasteiger partial charge in [0.1, 0.15) is 18.1 Å². The number of methoxy groups -OCH3 is 1. The smallest absolute Gasteiger partial charge is 0.271 e. The molecule has 1 heterocycles. The Hall–Kier alpha value is -3.32. The molecule has 2 N–H and O–H groups in total. The summed E-state index contributed by atoms with van der Waals surface area (Å²) in [5, 5.41) is 14.3. The van der Waals surface area contributed by atoms with Crippen molar-refractivity contribution < 1.29 is 14.3 Å². The highest BCUT2D eigenvalue weighted by Gasteiger charge is 2.08. The van der Waals surface area contributed by atoms with Crippen molar-refractivity contribution in [1.29, 1.82) is 0 Å². The summed E-state index contributed by atoms with van der Waals surface area (Å²) in [6.45, 7) is 0.670. The Bertz CT molecular complexity index is 917. The fraction of sp³-hybridized carbons (Fsp3) is 0.150. The molecule has 0 aliphatic rings. The number of ether oxygens (including phenoxy) is 2. The van der Waals surface area contributed by atoms with Gasteiger partial charge in [-0.15, -0.1) is 10.2 Å². The van der Waals surface area contributed by atoms with Crippen LogP contribution in [0.5, 0.6) is 11.5 Å². The maximum Gasteiger partial charge on any atom is 0.271 e. The maximum atomic E-state index is 12.1. The summed E-state index contributed by atoms with van der Waals surface area (Å²) in [6.07, 6.45) is 0. The van der Waals surface area contributed by atoms with E-state index in [4.69, 9.17) is 21.1 Å². The van der Waals surface area contributed by atoms with Crippen molar-refractivity contribution in [3.8, 4) is 11.5 Å². The Morgan fingerprint density at radius 2 is 1.75 bits per heavy atom. The molecule has 0 saturated carbocycles. The quantitative estimate of drug-likeness (QED) is 0.563. The minimum absolute atomic E-state index is 0.217. The highest BCUT2D eigenvalue weighted by Crippen LogP contribution is 2.23. The summed E-state index contributed by atoms with van der Waals surface area (Å²) in [5.74, 6) is 1.62. The second-order valence-corrected chi connectivity index (χ2v) is 6.10. The predicted molar refractivity (Wildman–Crippen MR) is 108 cm³/mol. The standard InChI is InChI=1S/C20H19ClN4O3/c1-27-14-6-8-15(9-7-14)28-13-12-22-20(26)18-10-11-19(25-24-18)23-17-5-3-2-4-16(17)21/h2-11H,12-13H2,1H3,(H,22,26)(H,23,25). The van der Waals surface area contributed by atoms with Crippen LogP contribution >= 0.6 is 11.6 Å². The zero-order valence-corrected chi connectivity index (χ0v) is 15.9. The van der Waals surface area contributed by atoms with Gasteiger partial charge in [0.15, 0.2) is 11.5 Å². The van der Waals surface area contributed by atoms with E-state index in [2.05, 4.69) is 20.8 Å². The molecule has 0 radical (unpaired) electrons. The van der Waals surface area contributed by atoms with E-state index in [0.717, 1.165) is 5.75 Å². The molecule has 7 nitrogen and oxygen atoms in total. The number of hydrogen-bond acceptors (Lipinski definition) is 6. The van der Waals surface area contributed by atoms with E-state index in [0.29, 0.717) is 35.4 Å². The summed E-state index contributed by atoms with van der Waals surface area (Å²) >= 11 is 6.09. The highest BCUT2D eigenvalue weighted by molar-refractivity contribution is 6.33. The number of nitrogens with one attached hydrogen (secondary N) is 2. The lowest BCUT2D eigenvalue weighted by molar-refractivity contribution is 0.0941. The van der Waals surface area contributed by atoms with Crippen molar-refractivity contribution in [2.75, 3.05) is 25.6 Å². The molecule has 0 atom stereocenters. The number of aromatic nitrogens is 2. The number of nitrogens with zero attached hydrogens (tertiary/aromatic N) is 2. The zero-order valence-electron chi connectivity index (χ0n) is 15.2. The van der Waals surface area contributed by atoms with Gasteiger partial charge in [0.05, 0.1) is 24.4 Å². The van der Waals surface area contributed by atoms with Crippen molar-refractivity contribution in [1.82, 2.24) is 15.5 Å². The lowest BCUT2D eigenvalue weighted by Gasteiger charge is -2.09. The fourth-order valence-corrected chi connectivity index (χ4v) is 2.50. The van der Waals surface area contributed by atoms with Crippen LogP contribution in [0.4, 0.5) is 11.5 Å². The first kappa shape index (κ1) is 19.4. The molecule has 144 valence electrons. The Balaban J connectivity index is 1.45. The Labute approximate surface area is 167 Å². The van der Waals surface area contributed by atoms with Crippen LogP contribution < -0.4 is 20.1 Å². The molecular weight excluding hydrogens is 380 g/mol. The third kappa shape index (κ3) is 5.34. The second kappa shape index (κ2) is 9.57. The van der Waals surface area contributed by atoms with Gasteiger partial charge in [-0.2, -0.15) is 0 Å². The normalized spacial score (nSPS) is 10.2. The summed E-state index contributed by atoms with van der Waals surface area (Å²) in [5.41, 5.74) is 0.931. The molecule has 8 heteroatoms. The van der Waals surface area contributed by atoms with Crippen molar-refractivity contribution in [2.45, 2.75) is 0 Å². The first-order valence-corrected chi connectivity index (χ1v) is 8.94. The monoisotopic (exact) mass is 398 g/mol. The van der Waals surface area contributed by atoms with Gasteiger partial charge in [0.2, 0.25) is 0 Å². The van der Waals surface area contributed by atoms with E-state index >= 15 is 0 Å². The third-order valence-corrected chi connectivity index (χ3v) is 4.08. The van der Waals surface area contributed by atoms with Crippen LogP contribution in [-0.4, -0.2) is 36.4 Å². The molecule has 3 rings (SSSR count). The minimum atomic E-state index is -0.324. The molecule has 0 aliphatic carbocycles. The van der Waals surface area contributed by atoms with Crippen LogP contribution in [0.25, 0.3) is 0 Å². The molecule has 1 amide bonds. The Morgan fingerprint density at radius 3 is 2.43 bits per heavy atom. The number of rotatable bonds is 8. The number of benzene rings is 2. The van der Waals surface area contributed by atoms with Crippen LogP contribution in [0.2, 0.25) is 5.02 Å². The molecular formula is C20H19ClN4O3.